The highest BCUT2D eigenvalue weighted by molar-refractivity contribution is 7.92. The number of nitrogens with zero attached hydrogens (tertiary/aromatic N) is 5. The highest BCUT2D eigenvalue weighted by atomic mass is 32.2. The molecule has 0 saturated heterocycles. The van der Waals surface area contributed by atoms with Gasteiger partial charge in [-0.2, -0.15) is 4.68 Å². The number of para-hydroxylation sites is 2. The smallest absolute Gasteiger partial charge is 0.263 e. The fraction of sp³-hybridized carbons (Fsp3) is 0. The minimum atomic E-state index is -3.83. The second kappa shape index (κ2) is 9.68. The van der Waals surface area contributed by atoms with Crippen molar-refractivity contribution < 1.29 is 18.3 Å². The SMILES string of the molecule is O=C/C(=C/O)c1nc2ccccc2n(N=Nc2ccc(S(=O)(=O)Nc3ccccn3)cc2)c1=S. The standard InChI is InChI=1S/C22H16N6O4S2/c29-13-15(14-30)21-22(33)28(19-6-2-1-5-18(19)24-21)27-25-16-8-10-17(11-9-16)34(31,32)26-20-7-3-4-12-23-20/h1-14,29H,(H,23,26)/b15-13-,27-25?. The fourth-order valence-corrected chi connectivity index (χ4v) is 4.25. The van der Waals surface area contributed by atoms with Gasteiger partial charge < -0.3 is 5.11 Å². The van der Waals surface area contributed by atoms with E-state index in [1.807, 2.05) is 0 Å². The Kier molecular flexibility index (Phi) is 6.52. The summed E-state index contributed by atoms with van der Waals surface area (Å²) in [4.78, 5) is 19.6. The van der Waals surface area contributed by atoms with Crippen molar-refractivity contribution in [2.24, 2.45) is 10.3 Å². The topological polar surface area (TPSA) is 139 Å². The van der Waals surface area contributed by atoms with Crippen LogP contribution in [0.3, 0.4) is 0 Å². The Hall–Kier alpha value is -4.29. The average Bonchev–Trinajstić information content (AvgIpc) is 2.85. The van der Waals surface area contributed by atoms with Crippen LogP contribution in [0.5, 0.6) is 0 Å². The van der Waals surface area contributed by atoms with E-state index in [1.54, 1.807) is 42.5 Å². The van der Waals surface area contributed by atoms with E-state index in [9.17, 15) is 18.3 Å². The first-order valence-electron chi connectivity index (χ1n) is 9.70. The Bertz CT molecular complexity index is 1580. The number of nitrogens with one attached hydrogen (secondary N) is 1. The second-order valence-corrected chi connectivity index (χ2v) is 8.84. The van der Waals surface area contributed by atoms with Gasteiger partial charge in [0.2, 0.25) is 0 Å². The Labute approximate surface area is 199 Å². The molecule has 2 N–H and O–H groups in total. The van der Waals surface area contributed by atoms with Crippen LogP contribution in [-0.4, -0.2) is 34.5 Å². The highest BCUT2D eigenvalue weighted by Gasteiger charge is 2.15. The minimum absolute atomic E-state index is 0.0223. The molecule has 0 amide bonds. The summed E-state index contributed by atoms with van der Waals surface area (Å²) in [7, 11) is -3.83. The van der Waals surface area contributed by atoms with E-state index in [0.717, 1.165) is 0 Å². The molecule has 0 aliphatic carbocycles. The molecular formula is C22H16N6O4S2. The van der Waals surface area contributed by atoms with Crippen molar-refractivity contribution in [3.8, 4) is 0 Å². The number of pyridine rings is 1. The van der Waals surface area contributed by atoms with Crippen LogP contribution >= 0.6 is 12.2 Å². The van der Waals surface area contributed by atoms with Crippen molar-refractivity contribution in [1.29, 1.82) is 0 Å². The maximum atomic E-state index is 12.6. The Balaban J connectivity index is 1.68. The summed E-state index contributed by atoms with van der Waals surface area (Å²) in [5, 5.41) is 17.7. The van der Waals surface area contributed by atoms with Crippen LogP contribution in [0.4, 0.5) is 11.5 Å². The van der Waals surface area contributed by atoms with E-state index in [4.69, 9.17) is 12.2 Å². The molecule has 4 rings (SSSR count). The zero-order valence-electron chi connectivity index (χ0n) is 17.3. The normalized spacial score (nSPS) is 12.2. The van der Waals surface area contributed by atoms with Crippen molar-refractivity contribution in [2.75, 3.05) is 4.72 Å². The minimum Gasteiger partial charge on any atom is -0.515 e. The van der Waals surface area contributed by atoms with Gasteiger partial charge in [-0.05, 0) is 48.5 Å². The Morgan fingerprint density at radius 3 is 2.47 bits per heavy atom. The van der Waals surface area contributed by atoms with Gasteiger partial charge in [0, 0.05) is 6.20 Å². The molecule has 34 heavy (non-hydrogen) atoms. The summed E-state index contributed by atoms with van der Waals surface area (Å²) in [5.74, 6) is 0.202. The van der Waals surface area contributed by atoms with E-state index in [-0.39, 0.29) is 26.6 Å². The largest absolute Gasteiger partial charge is 0.515 e. The number of aliphatic hydroxyl groups is 1. The predicted molar refractivity (Wildman–Crippen MR) is 129 cm³/mol. The number of hydrogen-bond donors (Lipinski definition) is 2. The zero-order valence-corrected chi connectivity index (χ0v) is 18.9. The van der Waals surface area contributed by atoms with Gasteiger partial charge in [0.1, 0.15) is 11.5 Å². The number of aliphatic hydroxyl groups excluding tert-OH is 1. The molecule has 10 nitrogen and oxygen atoms in total. The van der Waals surface area contributed by atoms with E-state index in [2.05, 4.69) is 25.0 Å². The number of rotatable bonds is 7. The van der Waals surface area contributed by atoms with Crippen molar-refractivity contribution >= 4 is 56.6 Å². The quantitative estimate of drug-likeness (QED) is 0.126. The molecule has 0 unspecified atom stereocenters. The average molecular weight is 493 g/mol. The zero-order chi connectivity index (χ0) is 24.1. The van der Waals surface area contributed by atoms with Crippen LogP contribution in [0.2, 0.25) is 0 Å². The third kappa shape index (κ3) is 4.72. The molecule has 12 heteroatoms. The van der Waals surface area contributed by atoms with Crippen LogP contribution < -0.4 is 4.72 Å². The molecular weight excluding hydrogens is 476 g/mol. The van der Waals surface area contributed by atoms with Gasteiger partial charge in [0.05, 0.1) is 33.5 Å². The molecule has 0 fully saturated rings. The summed E-state index contributed by atoms with van der Waals surface area (Å²) >= 11 is 5.42. The summed E-state index contributed by atoms with van der Waals surface area (Å²) in [6, 6.07) is 17.6. The maximum absolute atomic E-state index is 12.6. The van der Waals surface area contributed by atoms with Crippen molar-refractivity contribution in [2.45, 2.75) is 4.90 Å². The third-order valence-corrected chi connectivity index (χ3v) is 6.31. The number of hydrogen-bond acceptors (Lipinski definition) is 9. The third-order valence-electron chi connectivity index (χ3n) is 4.58. The van der Waals surface area contributed by atoms with Gasteiger partial charge in [-0.1, -0.05) is 35.6 Å². The molecule has 2 heterocycles. The second-order valence-electron chi connectivity index (χ2n) is 6.77. The lowest BCUT2D eigenvalue weighted by Gasteiger charge is -2.08. The summed E-state index contributed by atoms with van der Waals surface area (Å²) in [6.45, 7) is 0. The molecule has 170 valence electrons. The number of sulfonamides is 1. The molecule has 0 spiro atoms. The van der Waals surface area contributed by atoms with Crippen molar-refractivity contribution in [1.82, 2.24) is 14.6 Å². The molecule has 0 aliphatic heterocycles. The molecule has 0 radical (unpaired) electrons. The Morgan fingerprint density at radius 1 is 1.06 bits per heavy atom. The van der Waals surface area contributed by atoms with Gasteiger partial charge in [0.15, 0.2) is 10.9 Å². The number of aldehydes is 1. The molecule has 0 atom stereocenters. The van der Waals surface area contributed by atoms with Crippen LogP contribution in [0.15, 0.2) is 94.4 Å². The Morgan fingerprint density at radius 2 is 1.79 bits per heavy atom. The van der Waals surface area contributed by atoms with Gasteiger partial charge >= 0.3 is 0 Å². The van der Waals surface area contributed by atoms with Gasteiger partial charge in [-0.15, -0.1) is 5.11 Å². The van der Waals surface area contributed by atoms with E-state index in [1.165, 1.54) is 35.1 Å². The number of fused-ring (bicyclic) bond motifs is 1. The first-order chi connectivity index (χ1) is 16.4. The molecule has 0 saturated carbocycles. The van der Waals surface area contributed by atoms with E-state index < -0.39 is 10.0 Å². The number of anilines is 1. The summed E-state index contributed by atoms with van der Waals surface area (Å²) in [5.41, 5.74) is 1.34. The number of carbonyl (C=O) groups excluding carboxylic acids is 1. The van der Waals surface area contributed by atoms with E-state index >= 15 is 0 Å². The monoisotopic (exact) mass is 492 g/mol. The highest BCUT2D eigenvalue weighted by Crippen LogP contribution is 2.22. The maximum Gasteiger partial charge on any atom is 0.263 e. The number of allylic oxidation sites excluding steroid dienone is 1. The molecule has 2 aromatic carbocycles. The van der Waals surface area contributed by atoms with Crippen LogP contribution in [-0.2, 0) is 14.8 Å². The van der Waals surface area contributed by atoms with E-state index in [0.29, 0.717) is 29.3 Å². The van der Waals surface area contributed by atoms with Crippen molar-refractivity contribution in [3.05, 3.63) is 89.5 Å². The van der Waals surface area contributed by atoms with Crippen molar-refractivity contribution in [3.63, 3.8) is 0 Å². The summed E-state index contributed by atoms with van der Waals surface area (Å²) < 4.78 is 28.9. The first-order valence-corrected chi connectivity index (χ1v) is 11.6. The lowest BCUT2D eigenvalue weighted by molar-refractivity contribution is -0.103. The number of carbonyl (C=O) groups is 1. The van der Waals surface area contributed by atoms with Gasteiger partial charge in [-0.25, -0.2) is 18.4 Å². The van der Waals surface area contributed by atoms with Crippen LogP contribution in [0.1, 0.15) is 5.69 Å². The molecule has 0 aliphatic rings. The molecule has 4 aromatic rings. The predicted octanol–water partition coefficient (Wildman–Crippen LogP) is 4.61. The first kappa shape index (κ1) is 22.9. The van der Waals surface area contributed by atoms with Gasteiger partial charge in [0.25, 0.3) is 10.0 Å². The number of aromatic nitrogens is 3. The summed E-state index contributed by atoms with van der Waals surface area (Å²) in [6.07, 6.45) is 2.54. The number of benzene rings is 2. The van der Waals surface area contributed by atoms with Crippen LogP contribution in [0.25, 0.3) is 16.6 Å². The van der Waals surface area contributed by atoms with Crippen LogP contribution in [0, 0.1) is 4.64 Å². The van der Waals surface area contributed by atoms with Gasteiger partial charge in [-0.3, -0.25) is 9.52 Å². The molecule has 2 aromatic heterocycles. The lowest BCUT2D eigenvalue weighted by Crippen LogP contribution is -2.13. The molecule has 0 bridgehead atoms. The fourth-order valence-electron chi connectivity index (χ4n) is 2.95. The lowest BCUT2D eigenvalue weighted by atomic mass is 10.2.